The van der Waals surface area contributed by atoms with E-state index in [1.165, 1.54) is 0 Å². The van der Waals surface area contributed by atoms with Gasteiger partial charge in [-0.05, 0) is 37.1 Å². The van der Waals surface area contributed by atoms with Crippen LogP contribution >= 0.6 is 0 Å². The summed E-state index contributed by atoms with van der Waals surface area (Å²) < 4.78 is 5.18. The second-order valence-electron chi connectivity index (χ2n) is 4.66. The van der Waals surface area contributed by atoms with E-state index in [4.69, 9.17) is 4.42 Å². The van der Waals surface area contributed by atoms with E-state index >= 15 is 0 Å². The van der Waals surface area contributed by atoms with Crippen LogP contribution in [0, 0.1) is 0 Å². The zero-order valence-electron chi connectivity index (χ0n) is 11.6. The molecule has 1 amide bonds. The molecule has 2 rings (SSSR count). The molecule has 0 fully saturated rings. The smallest absolute Gasteiger partial charge is 0.220 e. The van der Waals surface area contributed by atoms with E-state index in [9.17, 15) is 4.79 Å². The summed E-state index contributed by atoms with van der Waals surface area (Å²) >= 11 is 0. The maximum absolute atomic E-state index is 11.8. The minimum Gasteiger partial charge on any atom is -0.465 e. The zero-order valence-corrected chi connectivity index (χ0v) is 11.6. The van der Waals surface area contributed by atoms with E-state index in [0.29, 0.717) is 12.8 Å². The third-order valence-electron chi connectivity index (χ3n) is 3.04. The van der Waals surface area contributed by atoms with Gasteiger partial charge in [0.15, 0.2) is 0 Å². The highest BCUT2D eigenvalue weighted by Gasteiger charge is 2.07. The van der Waals surface area contributed by atoms with Crippen LogP contribution in [0.15, 0.2) is 59.2 Å². The molecule has 1 N–H and O–H groups in total. The Labute approximate surface area is 119 Å². The molecule has 3 heteroatoms. The van der Waals surface area contributed by atoms with Crippen molar-refractivity contribution in [2.24, 2.45) is 0 Å². The lowest BCUT2D eigenvalue weighted by molar-refractivity contribution is -0.121. The molecule has 0 bridgehead atoms. The predicted molar refractivity (Wildman–Crippen MR) is 80.0 cm³/mol. The Morgan fingerprint density at radius 3 is 2.75 bits per heavy atom. The number of rotatable bonds is 6. The lowest BCUT2D eigenvalue weighted by Gasteiger charge is -2.13. The van der Waals surface area contributed by atoms with Crippen molar-refractivity contribution in [2.75, 3.05) is 0 Å². The summed E-state index contributed by atoms with van der Waals surface area (Å²) in [6.07, 6.45) is 6.65. The minimum absolute atomic E-state index is 0.0396. The Morgan fingerprint density at radius 1 is 1.25 bits per heavy atom. The fourth-order valence-electron chi connectivity index (χ4n) is 1.94. The molecule has 104 valence electrons. The topological polar surface area (TPSA) is 42.2 Å². The lowest BCUT2D eigenvalue weighted by Crippen LogP contribution is -2.26. The first-order chi connectivity index (χ1) is 9.75. The van der Waals surface area contributed by atoms with Crippen molar-refractivity contribution < 1.29 is 9.21 Å². The molecule has 1 heterocycles. The highest BCUT2D eigenvalue weighted by atomic mass is 16.3. The van der Waals surface area contributed by atoms with Crippen molar-refractivity contribution in [1.29, 1.82) is 0 Å². The minimum atomic E-state index is 0.0396. The number of hydrogen-bond acceptors (Lipinski definition) is 2. The van der Waals surface area contributed by atoms with E-state index in [0.717, 1.165) is 11.3 Å². The van der Waals surface area contributed by atoms with Crippen molar-refractivity contribution in [3.8, 4) is 0 Å². The van der Waals surface area contributed by atoms with Crippen molar-refractivity contribution in [1.82, 2.24) is 5.32 Å². The SMILES string of the molecule is CC(NC(=O)CC/C=C/c1ccco1)c1ccccc1. The van der Waals surface area contributed by atoms with Crippen molar-refractivity contribution in [3.05, 3.63) is 66.1 Å². The Bertz CT molecular complexity index is 544. The largest absolute Gasteiger partial charge is 0.465 e. The average molecular weight is 269 g/mol. The number of amides is 1. The number of allylic oxidation sites excluding steroid dienone is 1. The molecule has 0 spiro atoms. The van der Waals surface area contributed by atoms with Crippen LogP contribution in [0.2, 0.25) is 0 Å². The molecule has 2 aromatic rings. The maximum atomic E-state index is 11.8. The van der Waals surface area contributed by atoms with Crippen LogP contribution in [0.3, 0.4) is 0 Å². The van der Waals surface area contributed by atoms with Crippen molar-refractivity contribution in [2.45, 2.75) is 25.8 Å². The molecule has 0 aliphatic carbocycles. The summed E-state index contributed by atoms with van der Waals surface area (Å²) in [6.45, 7) is 1.99. The van der Waals surface area contributed by atoms with Crippen LogP contribution < -0.4 is 5.32 Å². The van der Waals surface area contributed by atoms with Gasteiger partial charge in [0, 0.05) is 6.42 Å². The molecular formula is C17H19NO2. The normalized spacial score (nSPS) is 12.4. The molecule has 0 radical (unpaired) electrons. The molecule has 3 nitrogen and oxygen atoms in total. The molecule has 0 aliphatic rings. The monoisotopic (exact) mass is 269 g/mol. The van der Waals surface area contributed by atoms with Gasteiger partial charge in [-0.25, -0.2) is 0 Å². The van der Waals surface area contributed by atoms with Crippen LogP contribution in [0.4, 0.5) is 0 Å². The van der Waals surface area contributed by atoms with E-state index in [2.05, 4.69) is 5.32 Å². The van der Waals surface area contributed by atoms with Gasteiger partial charge in [-0.3, -0.25) is 4.79 Å². The molecule has 1 aromatic heterocycles. The quantitative estimate of drug-likeness (QED) is 0.862. The van der Waals surface area contributed by atoms with Gasteiger partial charge in [-0.1, -0.05) is 36.4 Å². The van der Waals surface area contributed by atoms with Crippen LogP contribution in [-0.2, 0) is 4.79 Å². The molecule has 1 aromatic carbocycles. The zero-order chi connectivity index (χ0) is 14.2. The summed E-state index contributed by atoms with van der Waals surface area (Å²) in [5.41, 5.74) is 1.12. The Balaban J connectivity index is 1.73. The van der Waals surface area contributed by atoms with E-state index < -0.39 is 0 Å². The van der Waals surface area contributed by atoms with E-state index in [1.807, 2.05) is 61.5 Å². The fourth-order valence-corrected chi connectivity index (χ4v) is 1.94. The second-order valence-corrected chi connectivity index (χ2v) is 4.66. The predicted octanol–water partition coefficient (Wildman–Crippen LogP) is 3.95. The third-order valence-corrected chi connectivity index (χ3v) is 3.04. The average Bonchev–Trinajstić information content (AvgIpc) is 2.98. The molecule has 0 saturated heterocycles. The van der Waals surface area contributed by atoms with E-state index in [-0.39, 0.29) is 11.9 Å². The molecule has 0 aliphatic heterocycles. The summed E-state index contributed by atoms with van der Waals surface area (Å²) in [6, 6.07) is 13.7. The number of carbonyl (C=O) groups is 1. The van der Waals surface area contributed by atoms with Crippen molar-refractivity contribution >= 4 is 12.0 Å². The Kier molecular flexibility index (Phi) is 5.18. The van der Waals surface area contributed by atoms with Gasteiger partial charge in [0.1, 0.15) is 5.76 Å². The van der Waals surface area contributed by atoms with Gasteiger partial charge >= 0.3 is 0 Å². The number of hydrogen-bond donors (Lipinski definition) is 1. The highest BCUT2D eigenvalue weighted by molar-refractivity contribution is 5.76. The first-order valence-corrected chi connectivity index (χ1v) is 6.80. The molecule has 1 unspecified atom stereocenters. The summed E-state index contributed by atoms with van der Waals surface area (Å²) in [7, 11) is 0. The van der Waals surface area contributed by atoms with Gasteiger partial charge < -0.3 is 9.73 Å². The van der Waals surface area contributed by atoms with Crippen LogP contribution in [0.1, 0.15) is 37.1 Å². The molecule has 1 atom stereocenters. The maximum Gasteiger partial charge on any atom is 0.220 e. The number of nitrogens with one attached hydrogen (secondary N) is 1. The number of benzene rings is 1. The van der Waals surface area contributed by atoms with Gasteiger partial charge in [-0.15, -0.1) is 0 Å². The Morgan fingerprint density at radius 2 is 2.05 bits per heavy atom. The molecular weight excluding hydrogens is 250 g/mol. The van der Waals surface area contributed by atoms with Crippen LogP contribution in [-0.4, -0.2) is 5.91 Å². The van der Waals surface area contributed by atoms with Gasteiger partial charge in [-0.2, -0.15) is 0 Å². The first-order valence-electron chi connectivity index (χ1n) is 6.80. The number of furan rings is 1. The summed E-state index contributed by atoms with van der Waals surface area (Å²) in [5, 5.41) is 2.99. The molecule has 20 heavy (non-hydrogen) atoms. The van der Waals surface area contributed by atoms with Crippen molar-refractivity contribution in [3.63, 3.8) is 0 Å². The standard InChI is InChI=1S/C17H19NO2/c1-14(15-8-3-2-4-9-15)18-17(19)12-6-5-10-16-11-7-13-20-16/h2-5,7-11,13-14H,6,12H2,1H3,(H,18,19)/b10-5+. The molecule has 0 saturated carbocycles. The lowest BCUT2D eigenvalue weighted by atomic mass is 10.1. The first kappa shape index (κ1) is 14.1. The number of carbonyl (C=O) groups excluding carboxylic acids is 1. The Hall–Kier alpha value is -2.29. The van der Waals surface area contributed by atoms with Crippen LogP contribution in [0.25, 0.3) is 6.08 Å². The summed E-state index contributed by atoms with van der Waals surface area (Å²) in [5.74, 6) is 0.869. The van der Waals surface area contributed by atoms with Crippen LogP contribution in [0.5, 0.6) is 0 Å². The third kappa shape index (κ3) is 4.43. The fraction of sp³-hybridized carbons (Fsp3) is 0.235. The summed E-state index contributed by atoms with van der Waals surface area (Å²) in [4.78, 5) is 11.8. The van der Waals surface area contributed by atoms with Gasteiger partial charge in [0.25, 0.3) is 0 Å². The van der Waals surface area contributed by atoms with Gasteiger partial charge in [0.2, 0.25) is 5.91 Å². The highest BCUT2D eigenvalue weighted by Crippen LogP contribution is 2.11. The van der Waals surface area contributed by atoms with Gasteiger partial charge in [0.05, 0.1) is 12.3 Å². The van der Waals surface area contributed by atoms with E-state index in [1.54, 1.807) is 6.26 Å². The second kappa shape index (κ2) is 7.34.